The maximum atomic E-state index is 13.3. The van der Waals surface area contributed by atoms with Gasteiger partial charge < -0.3 is 25.3 Å². The van der Waals surface area contributed by atoms with Crippen molar-refractivity contribution in [3.05, 3.63) is 47.9 Å². The molecular weight excluding hydrogens is 466 g/mol. The average Bonchev–Trinajstić information content (AvgIpc) is 2.85. The van der Waals surface area contributed by atoms with E-state index in [9.17, 15) is 15.0 Å². The van der Waals surface area contributed by atoms with E-state index in [1.165, 1.54) is 0 Å². The van der Waals surface area contributed by atoms with Gasteiger partial charge in [-0.15, -0.1) is 0 Å². The lowest BCUT2D eigenvalue weighted by atomic mass is 9.52. The van der Waals surface area contributed by atoms with E-state index in [2.05, 4.69) is 27.0 Å². The van der Waals surface area contributed by atoms with Gasteiger partial charge in [-0.1, -0.05) is 6.07 Å². The van der Waals surface area contributed by atoms with Crippen LogP contribution in [0.15, 0.2) is 36.5 Å². The van der Waals surface area contributed by atoms with Crippen LogP contribution in [-0.2, 0) is 5.60 Å². The van der Waals surface area contributed by atoms with E-state index in [0.29, 0.717) is 29.1 Å². The Kier molecular flexibility index (Phi) is 5.95. The van der Waals surface area contributed by atoms with Crippen molar-refractivity contribution in [1.82, 2.24) is 15.3 Å². The lowest BCUT2D eigenvalue weighted by molar-refractivity contribution is -0.136. The zero-order valence-corrected chi connectivity index (χ0v) is 22.1. The Morgan fingerprint density at radius 1 is 1.11 bits per heavy atom. The molecule has 1 amide bonds. The molecule has 3 atom stereocenters. The number of rotatable bonds is 5. The number of piperazine rings is 1. The van der Waals surface area contributed by atoms with Crippen LogP contribution in [0.2, 0.25) is 0 Å². The summed E-state index contributed by atoms with van der Waals surface area (Å²) in [7, 11) is 0. The fourth-order valence-electron chi connectivity index (χ4n) is 7.62. The third-order valence-corrected chi connectivity index (χ3v) is 9.17. The van der Waals surface area contributed by atoms with Gasteiger partial charge in [0.25, 0.3) is 5.91 Å². The number of hydrogen-bond donors (Lipinski definition) is 3. The van der Waals surface area contributed by atoms with Gasteiger partial charge in [0, 0.05) is 31.7 Å². The zero-order chi connectivity index (χ0) is 25.9. The van der Waals surface area contributed by atoms with Crippen molar-refractivity contribution in [2.45, 2.75) is 76.2 Å². The number of aromatic nitrogens is 2. The number of nitrogens with one attached hydrogen (secondary N) is 1. The number of hydrogen-bond acceptors (Lipinski definition) is 7. The molecule has 8 heteroatoms. The second-order valence-electron chi connectivity index (χ2n) is 12.5. The molecular formula is C29H39N5O3. The largest absolute Gasteiger partial charge is 0.390 e. The Bertz CT molecular complexity index is 1150. The van der Waals surface area contributed by atoms with Gasteiger partial charge in [-0.25, -0.2) is 4.98 Å². The minimum Gasteiger partial charge on any atom is -0.390 e. The summed E-state index contributed by atoms with van der Waals surface area (Å²) in [4.78, 5) is 27.1. The standard InChI is InChI=1S/C29H39N5O3/c1-18-17-33(22-7-8-24(30-16-22)28(2,3)36)9-10-34(18)25-6-4-5-23(31-25)27(35)32-26-20-11-19-12-21(26)15-29(37,13-19)14-20/h4-8,16,18-21,26,36-37H,9-15,17H2,1-3H3,(H,32,35)/t18-,19?,20?,21?,26-,29-/m1/s1. The van der Waals surface area contributed by atoms with Crippen molar-refractivity contribution in [2.24, 2.45) is 17.8 Å². The van der Waals surface area contributed by atoms with E-state index < -0.39 is 11.2 Å². The Balaban J connectivity index is 1.11. The lowest BCUT2D eigenvalue weighted by Gasteiger charge is -2.58. The van der Waals surface area contributed by atoms with Crippen LogP contribution >= 0.6 is 0 Å². The number of carbonyl (C=O) groups excluding carboxylic acids is 1. The highest BCUT2D eigenvalue weighted by Crippen LogP contribution is 2.55. The molecule has 4 bridgehead atoms. The molecule has 0 aromatic carbocycles. The molecule has 3 heterocycles. The van der Waals surface area contributed by atoms with Crippen LogP contribution in [0.5, 0.6) is 0 Å². The first-order chi connectivity index (χ1) is 17.6. The predicted molar refractivity (Wildman–Crippen MR) is 142 cm³/mol. The molecule has 37 heavy (non-hydrogen) atoms. The summed E-state index contributed by atoms with van der Waals surface area (Å²) in [6.07, 6.45) is 6.65. The van der Waals surface area contributed by atoms with Crippen LogP contribution in [0.25, 0.3) is 0 Å². The van der Waals surface area contributed by atoms with Gasteiger partial charge >= 0.3 is 0 Å². The van der Waals surface area contributed by atoms with Gasteiger partial charge in [0.05, 0.1) is 23.2 Å². The monoisotopic (exact) mass is 505 g/mol. The van der Waals surface area contributed by atoms with E-state index in [4.69, 9.17) is 4.98 Å². The number of carbonyl (C=O) groups is 1. The van der Waals surface area contributed by atoms with Gasteiger partial charge in [-0.2, -0.15) is 0 Å². The summed E-state index contributed by atoms with van der Waals surface area (Å²) in [5.74, 6) is 2.10. The first-order valence-electron chi connectivity index (χ1n) is 13.8. The Labute approximate surface area is 219 Å². The summed E-state index contributed by atoms with van der Waals surface area (Å²) < 4.78 is 0. The molecule has 7 rings (SSSR count). The van der Waals surface area contributed by atoms with Crippen molar-refractivity contribution in [3.8, 4) is 0 Å². The fraction of sp³-hybridized carbons (Fsp3) is 0.621. The molecule has 198 valence electrons. The molecule has 0 radical (unpaired) electrons. The quantitative estimate of drug-likeness (QED) is 0.574. The highest BCUT2D eigenvalue weighted by molar-refractivity contribution is 5.93. The summed E-state index contributed by atoms with van der Waals surface area (Å²) in [6, 6.07) is 9.98. The van der Waals surface area contributed by atoms with Gasteiger partial charge in [-0.3, -0.25) is 9.78 Å². The van der Waals surface area contributed by atoms with Crippen molar-refractivity contribution in [1.29, 1.82) is 0 Å². The molecule has 3 N–H and O–H groups in total. The van der Waals surface area contributed by atoms with Gasteiger partial charge in [-0.05, 0) is 94.9 Å². The molecule has 4 aliphatic carbocycles. The first kappa shape index (κ1) is 24.6. The second kappa shape index (κ2) is 8.95. The molecule has 1 saturated heterocycles. The molecule has 0 spiro atoms. The minimum absolute atomic E-state index is 0.101. The SMILES string of the molecule is C[C@@H]1CN(c2ccc(C(C)(C)O)nc2)CCN1c1cccc(C(=O)N[C@H]2C3CC4CC2C[C@](O)(C4)C3)n1. The topological polar surface area (TPSA) is 102 Å². The Hall–Kier alpha value is -2.71. The number of aliphatic hydroxyl groups is 2. The lowest BCUT2D eigenvalue weighted by Crippen LogP contribution is -2.61. The fourth-order valence-corrected chi connectivity index (χ4v) is 7.62. The first-order valence-corrected chi connectivity index (χ1v) is 13.8. The van der Waals surface area contributed by atoms with Crippen molar-refractivity contribution >= 4 is 17.4 Å². The highest BCUT2D eigenvalue weighted by atomic mass is 16.3. The molecule has 2 aromatic heterocycles. The second-order valence-corrected chi connectivity index (χ2v) is 12.5. The summed E-state index contributed by atoms with van der Waals surface area (Å²) in [5, 5.41) is 24.4. The van der Waals surface area contributed by atoms with Crippen molar-refractivity contribution in [2.75, 3.05) is 29.4 Å². The van der Waals surface area contributed by atoms with E-state index in [1.54, 1.807) is 19.9 Å². The molecule has 2 unspecified atom stereocenters. The molecule has 8 nitrogen and oxygen atoms in total. The van der Waals surface area contributed by atoms with Gasteiger partial charge in [0.2, 0.25) is 0 Å². The van der Waals surface area contributed by atoms with Crippen LogP contribution in [0, 0.1) is 17.8 Å². The summed E-state index contributed by atoms with van der Waals surface area (Å²) in [6.45, 7) is 8.09. The summed E-state index contributed by atoms with van der Waals surface area (Å²) >= 11 is 0. The molecule has 5 fully saturated rings. The van der Waals surface area contributed by atoms with Crippen LogP contribution in [0.3, 0.4) is 0 Å². The van der Waals surface area contributed by atoms with Crippen LogP contribution < -0.4 is 15.1 Å². The predicted octanol–water partition coefficient (Wildman–Crippen LogP) is 3.09. The highest BCUT2D eigenvalue weighted by Gasteiger charge is 2.55. The van der Waals surface area contributed by atoms with Crippen LogP contribution in [-0.4, -0.2) is 63.4 Å². The Morgan fingerprint density at radius 2 is 1.86 bits per heavy atom. The van der Waals surface area contributed by atoms with E-state index in [-0.39, 0.29) is 18.0 Å². The number of anilines is 2. The molecule has 2 aromatic rings. The Morgan fingerprint density at radius 3 is 2.49 bits per heavy atom. The molecule has 1 aliphatic heterocycles. The minimum atomic E-state index is -0.954. The summed E-state index contributed by atoms with van der Waals surface area (Å²) in [5.41, 5.74) is 0.713. The van der Waals surface area contributed by atoms with Crippen LogP contribution in [0.4, 0.5) is 11.5 Å². The smallest absolute Gasteiger partial charge is 0.270 e. The van der Waals surface area contributed by atoms with E-state index in [1.807, 2.05) is 30.5 Å². The third-order valence-electron chi connectivity index (χ3n) is 9.17. The van der Waals surface area contributed by atoms with Gasteiger partial charge in [0.15, 0.2) is 0 Å². The zero-order valence-electron chi connectivity index (χ0n) is 22.1. The number of nitrogens with zero attached hydrogens (tertiary/aromatic N) is 4. The molecule has 5 aliphatic rings. The van der Waals surface area contributed by atoms with Crippen molar-refractivity contribution < 1.29 is 15.0 Å². The maximum Gasteiger partial charge on any atom is 0.270 e. The number of pyridine rings is 2. The van der Waals surface area contributed by atoms with Crippen molar-refractivity contribution in [3.63, 3.8) is 0 Å². The van der Waals surface area contributed by atoms with E-state index in [0.717, 1.165) is 63.2 Å². The maximum absolute atomic E-state index is 13.3. The third kappa shape index (κ3) is 4.70. The van der Waals surface area contributed by atoms with Gasteiger partial charge in [0.1, 0.15) is 17.1 Å². The van der Waals surface area contributed by atoms with E-state index >= 15 is 0 Å². The normalized spacial score (nSPS) is 33.1. The molecule has 4 saturated carbocycles. The average molecular weight is 506 g/mol. The van der Waals surface area contributed by atoms with Crippen LogP contribution in [0.1, 0.15) is 69.1 Å². The number of amides is 1.